The number of nitrogens with zero attached hydrogens (tertiary/aromatic N) is 2. The zero-order chi connectivity index (χ0) is 13.0. The number of hydrogen-bond acceptors (Lipinski definition) is 4. The molecule has 0 aliphatic carbocycles. The molecular formula is C13H21N3O2. The normalized spacial score (nSPS) is 17.1. The fraction of sp³-hybridized carbons (Fsp3) is 0.692. The molecule has 0 saturated carbocycles. The second kappa shape index (κ2) is 6.00. The molecule has 1 fully saturated rings. The smallest absolute Gasteiger partial charge is 0.292 e. The molecule has 0 aromatic carbocycles. The van der Waals surface area contributed by atoms with E-state index in [9.17, 15) is 4.79 Å². The van der Waals surface area contributed by atoms with Crippen LogP contribution in [0.2, 0.25) is 0 Å². The van der Waals surface area contributed by atoms with Crippen LogP contribution in [-0.4, -0.2) is 41.6 Å². The van der Waals surface area contributed by atoms with Crippen LogP contribution in [0.5, 0.6) is 0 Å². The van der Waals surface area contributed by atoms with Crippen molar-refractivity contribution in [1.29, 1.82) is 0 Å². The van der Waals surface area contributed by atoms with Gasteiger partial charge in [0.2, 0.25) is 5.76 Å². The zero-order valence-corrected chi connectivity index (χ0v) is 11.1. The molecule has 1 aliphatic rings. The van der Waals surface area contributed by atoms with Crippen LogP contribution in [0.3, 0.4) is 0 Å². The molecule has 0 spiro atoms. The van der Waals surface area contributed by atoms with E-state index in [1.165, 1.54) is 6.20 Å². The van der Waals surface area contributed by atoms with Crippen LogP contribution in [0.1, 0.15) is 37.2 Å². The Morgan fingerprint density at radius 2 is 2.28 bits per heavy atom. The second-order valence-electron chi connectivity index (χ2n) is 5.12. The Balaban J connectivity index is 2.01. The van der Waals surface area contributed by atoms with Crippen molar-refractivity contribution in [1.82, 2.24) is 15.4 Å². The van der Waals surface area contributed by atoms with Crippen LogP contribution < -0.4 is 5.32 Å². The average Bonchev–Trinajstić information content (AvgIpc) is 2.90. The predicted molar refractivity (Wildman–Crippen MR) is 68.3 cm³/mol. The fourth-order valence-corrected chi connectivity index (χ4v) is 2.34. The molecule has 1 aliphatic heterocycles. The molecule has 0 unspecified atom stereocenters. The summed E-state index contributed by atoms with van der Waals surface area (Å²) < 4.78 is 4.96. The second-order valence-corrected chi connectivity index (χ2v) is 5.12. The van der Waals surface area contributed by atoms with Crippen molar-refractivity contribution in [3.8, 4) is 0 Å². The lowest BCUT2D eigenvalue weighted by atomic mass is 9.97. The molecule has 0 radical (unpaired) electrons. The zero-order valence-electron chi connectivity index (χ0n) is 11.1. The van der Waals surface area contributed by atoms with Gasteiger partial charge in [0, 0.05) is 18.7 Å². The van der Waals surface area contributed by atoms with Crippen LogP contribution in [0, 0.1) is 5.92 Å². The number of nitrogens with one attached hydrogen (secondary N) is 1. The van der Waals surface area contributed by atoms with Gasteiger partial charge in [0.15, 0.2) is 0 Å². The van der Waals surface area contributed by atoms with Gasteiger partial charge in [0.25, 0.3) is 5.91 Å². The molecule has 1 aromatic rings. The lowest BCUT2D eigenvalue weighted by molar-refractivity contribution is 0.0616. The van der Waals surface area contributed by atoms with Gasteiger partial charge in [0.05, 0.1) is 6.20 Å². The highest BCUT2D eigenvalue weighted by molar-refractivity contribution is 5.91. The summed E-state index contributed by atoms with van der Waals surface area (Å²) in [5.41, 5.74) is 0. The number of hydrogen-bond donors (Lipinski definition) is 1. The molecule has 1 N–H and O–H groups in total. The van der Waals surface area contributed by atoms with E-state index in [4.69, 9.17) is 4.52 Å². The van der Waals surface area contributed by atoms with Gasteiger partial charge >= 0.3 is 0 Å². The van der Waals surface area contributed by atoms with Gasteiger partial charge in [-0.1, -0.05) is 5.16 Å². The van der Waals surface area contributed by atoms with Gasteiger partial charge in [-0.2, -0.15) is 0 Å². The number of aromatic nitrogens is 1. The van der Waals surface area contributed by atoms with Crippen molar-refractivity contribution >= 4 is 5.91 Å². The summed E-state index contributed by atoms with van der Waals surface area (Å²) >= 11 is 0. The Morgan fingerprint density at radius 1 is 1.56 bits per heavy atom. The summed E-state index contributed by atoms with van der Waals surface area (Å²) in [4.78, 5) is 14.2. The standard InChI is InChI=1S/C13H21N3O2/c1-10(2)16(9-11-3-6-14-7-4-11)13(17)12-5-8-15-18-12/h5,8,10-11,14H,3-4,6-7,9H2,1-2H3. The van der Waals surface area contributed by atoms with E-state index in [-0.39, 0.29) is 11.9 Å². The molecular weight excluding hydrogens is 230 g/mol. The summed E-state index contributed by atoms with van der Waals surface area (Å²) in [5.74, 6) is 0.860. The number of carbonyl (C=O) groups excluding carboxylic acids is 1. The van der Waals surface area contributed by atoms with Gasteiger partial charge in [-0.3, -0.25) is 4.79 Å². The largest absolute Gasteiger partial charge is 0.351 e. The first-order valence-corrected chi connectivity index (χ1v) is 6.61. The van der Waals surface area contributed by atoms with Crippen molar-refractivity contribution in [2.45, 2.75) is 32.7 Å². The highest BCUT2D eigenvalue weighted by Crippen LogP contribution is 2.17. The third kappa shape index (κ3) is 3.10. The summed E-state index contributed by atoms with van der Waals surface area (Å²) in [6.07, 6.45) is 3.77. The molecule has 1 saturated heterocycles. The van der Waals surface area contributed by atoms with Gasteiger partial charge in [-0.05, 0) is 45.7 Å². The molecule has 5 heteroatoms. The van der Waals surface area contributed by atoms with E-state index >= 15 is 0 Å². The summed E-state index contributed by atoms with van der Waals surface area (Å²) in [6.45, 7) is 6.98. The first-order chi connectivity index (χ1) is 8.68. The number of rotatable bonds is 4. The SMILES string of the molecule is CC(C)N(CC1CCNCC1)C(=O)c1ccno1. The van der Waals surface area contributed by atoms with E-state index in [0.717, 1.165) is 32.5 Å². The maximum absolute atomic E-state index is 12.3. The topological polar surface area (TPSA) is 58.4 Å². The first-order valence-electron chi connectivity index (χ1n) is 6.61. The summed E-state index contributed by atoms with van der Waals surface area (Å²) in [5, 5.41) is 6.94. The molecule has 0 bridgehead atoms. The van der Waals surface area contributed by atoms with Crippen LogP contribution >= 0.6 is 0 Å². The van der Waals surface area contributed by atoms with E-state index < -0.39 is 0 Å². The first kappa shape index (κ1) is 13.1. The highest BCUT2D eigenvalue weighted by atomic mass is 16.5. The molecule has 1 aromatic heterocycles. The summed E-state index contributed by atoms with van der Waals surface area (Å²) in [7, 11) is 0. The Labute approximate surface area is 108 Å². The molecule has 5 nitrogen and oxygen atoms in total. The van der Waals surface area contributed by atoms with E-state index in [1.807, 2.05) is 18.7 Å². The van der Waals surface area contributed by atoms with Gasteiger partial charge in [0.1, 0.15) is 0 Å². The lowest BCUT2D eigenvalue weighted by Crippen LogP contribution is -2.42. The van der Waals surface area contributed by atoms with Crippen LogP contribution in [0.15, 0.2) is 16.8 Å². The molecule has 1 amide bonds. The minimum absolute atomic E-state index is 0.0546. The fourth-order valence-electron chi connectivity index (χ4n) is 2.34. The Kier molecular flexibility index (Phi) is 4.36. The van der Waals surface area contributed by atoms with E-state index in [2.05, 4.69) is 10.5 Å². The number of amides is 1. The minimum Gasteiger partial charge on any atom is -0.351 e. The van der Waals surface area contributed by atoms with E-state index in [1.54, 1.807) is 6.07 Å². The summed E-state index contributed by atoms with van der Waals surface area (Å²) in [6, 6.07) is 1.80. The number of carbonyl (C=O) groups is 1. The van der Waals surface area contributed by atoms with Gasteiger partial charge in [-0.15, -0.1) is 0 Å². The maximum atomic E-state index is 12.3. The third-order valence-electron chi connectivity index (χ3n) is 3.45. The monoisotopic (exact) mass is 251 g/mol. The van der Waals surface area contributed by atoms with Crippen molar-refractivity contribution in [3.05, 3.63) is 18.0 Å². The van der Waals surface area contributed by atoms with Crippen molar-refractivity contribution in [2.24, 2.45) is 5.92 Å². The maximum Gasteiger partial charge on any atom is 0.292 e. The Morgan fingerprint density at radius 3 is 2.83 bits per heavy atom. The molecule has 2 heterocycles. The van der Waals surface area contributed by atoms with Crippen LogP contribution in [-0.2, 0) is 0 Å². The van der Waals surface area contributed by atoms with Gasteiger partial charge < -0.3 is 14.7 Å². The Hall–Kier alpha value is -1.36. The molecule has 100 valence electrons. The van der Waals surface area contributed by atoms with Crippen LogP contribution in [0.4, 0.5) is 0 Å². The molecule has 0 atom stereocenters. The van der Waals surface area contributed by atoms with Gasteiger partial charge in [-0.25, -0.2) is 0 Å². The third-order valence-corrected chi connectivity index (χ3v) is 3.45. The molecule has 18 heavy (non-hydrogen) atoms. The van der Waals surface area contributed by atoms with Crippen molar-refractivity contribution in [3.63, 3.8) is 0 Å². The average molecular weight is 251 g/mol. The quantitative estimate of drug-likeness (QED) is 0.881. The van der Waals surface area contributed by atoms with Crippen LogP contribution in [0.25, 0.3) is 0 Å². The lowest BCUT2D eigenvalue weighted by Gasteiger charge is -2.32. The number of piperidine rings is 1. The Bertz CT molecular complexity index is 370. The minimum atomic E-state index is -0.0546. The van der Waals surface area contributed by atoms with E-state index in [0.29, 0.717) is 11.7 Å². The predicted octanol–water partition coefficient (Wildman–Crippen LogP) is 1.52. The highest BCUT2D eigenvalue weighted by Gasteiger charge is 2.25. The van der Waals surface area contributed by atoms with Crippen molar-refractivity contribution < 1.29 is 9.32 Å². The van der Waals surface area contributed by atoms with Crippen molar-refractivity contribution in [2.75, 3.05) is 19.6 Å². The molecule has 2 rings (SSSR count).